The van der Waals surface area contributed by atoms with Gasteiger partial charge in [-0.2, -0.15) is 0 Å². The molecule has 1 saturated heterocycles. The van der Waals surface area contributed by atoms with Gasteiger partial charge < -0.3 is 9.47 Å². The first-order chi connectivity index (χ1) is 16.4. The highest BCUT2D eigenvalue weighted by Crippen LogP contribution is 2.46. The molecular weight excluding hydrogens is 428 g/mol. The van der Waals surface area contributed by atoms with Crippen LogP contribution in [0.4, 0.5) is 0 Å². The third kappa shape index (κ3) is 9.09. The Kier molecular flexibility index (Phi) is 11.0. The SMILES string of the molecule is CC1=C(/C=C/C(C)=C/C=C/C(C)=C/C=C/C=C(C)/C=C/C2OC(C)[C@H](C)O2)C(C)(C)CC(C)C1C. The van der Waals surface area contributed by atoms with Gasteiger partial charge in [-0.3, -0.25) is 0 Å². The Labute approximate surface area is 215 Å². The standard InChI is InChI=1S/C33H48O2/c1-23(14-11-12-15-24(2)19-21-32-34-29(7)30(8)35-32)16-13-17-25(3)18-20-31-28(6)27(5)26(4)22-33(31,9)10/h11-21,26-27,29-30,32H,22H2,1-10H3/b12-11+,16-13+,20-18+,21-19+,23-14+,24-15+,25-17+/t26?,27?,29-,30?,32?/m0/s1. The molecule has 1 aliphatic heterocycles. The molecule has 1 heterocycles. The molecular formula is C33H48O2. The molecule has 2 heteroatoms. The summed E-state index contributed by atoms with van der Waals surface area (Å²) in [6.07, 6.45) is 24.7. The molecule has 2 nitrogen and oxygen atoms in total. The molecule has 0 amide bonds. The number of allylic oxidation sites excluding steroid dienone is 15. The van der Waals surface area contributed by atoms with E-state index in [0.29, 0.717) is 5.92 Å². The van der Waals surface area contributed by atoms with E-state index in [2.05, 4.69) is 110 Å². The van der Waals surface area contributed by atoms with Crippen molar-refractivity contribution >= 4 is 0 Å². The zero-order valence-corrected chi connectivity index (χ0v) is 23.8. The summed E-state index contributed by atoms with van der Waals surface area (Å²) in [5.41, 5.74) is 6.92. The first-order valence-corrected chi connectivity index (χ1v) is 13.2. The largest absolute Gasteiger partial charge is 0.343 e. The van der Waals surface area contributed by atoms with E-state index in [-0.39, 0.29) is 23.9 Å². The summed E-state index contributed by atoms with van der Waals surface area (Å²) in [6.45, 7) is 22.3. The van der Waals surface area contributed by atoms with Crippen LogP contribution in [-0.2, 0) is 9.47 Å². The van der Waals surface area contributed by atoms with Crippen LogP contribution in [0.2, 0.25) is 0 Å². The van der Waals surface area contributed by atoms with Gasteiger partial charge in [-0.1, -0.05) is 111 Å². The Morgan fingerprint density at radius 2 is 1.29 bits per heavy atom. The van der Waals surface area contributed by atoms with Crippen molar-refractivity contribution in [1.29, 1.82) is 0 Å². The van der Waals surface area contributed by atoms with E-state index in [4.69, 9.17) is 9.47 Å². The summed E-state index contributed by atoms with van der Waals surface area (Å²) in [5, 5.41) is 0. The van der Waals surface area contributed by atoms with Gasteiger partial charge in [-0.15, -0.1) is 0 Å². The van der Waals surface area contributed by atoms with Gasteiger partial charge in [0.25, 0.3) is 0 Å². The van der Waals surface area contributed by atoms with Crippen LogP contribution < -0.4 is 0 Å². The Hall–Kier alpha value is -2.16. The first kappa shape index (κ1) is 29.1. The van der Waals surface area contributed by atoms with Crippen molar-refractivity contribution in [3.8, 4) is 0 Å². The molecule has 0 spiro atoms. The number of ether oxygens (including phenoxy) is 2. The highest BCUT2D eigenvalue weighted by Gasteiger charge is 2.34. The molecule has 0 bridgehead atoms. The molecule has 5 atom stereocenters. The second-order valence-corrected chi connectivity index (χ2v) is 11.2. The van der Waals surface area contributed by atoms with Gasteiger partial charge in [0, 0.05) is 0 Å². The van der Waals surface area contributed by atoms with E-state index in [1.807, 2.05) is 26.0 Å². The van der Waals surface area contributed by atoms with Gasteiger partial charge in [-0.25, -0.2) is 0 Å². The molecule has 2 aliphatic rings. The van der Waals surface area contributed by atoms with Gasteiger partial charge in [0.05, 0.1) is 12.2 Å². The number of hydrogen-bond acceptors (Lipinski definition) is 2. The summed E-state index contributed by atoms with van der Waals surface area (Å²) in [7, 11) is 0. The summed E-state index contributed by atoms with van der Waals surface area (Å²) >= 11 is 0. The van der Waals surface area contributed by atoms with Crippen molar-refractivity contribution in [2.75, 3.05) is 0 Å². The lowest BCUT2D eigenvalue weighted by Crippen LogP contribution is -2.29. The van der Waals surface area contributed by atoms with Gasteiger partial charge in [0.2, 0.25) is 0 Å². The van der Waals surface area contributed by atoms with E-state index in [1.54, 1.807) is 5.57 Å². The molecule has 1 aliphatic carbocycles. The van der Waals surface area contributed by atoms with Crippen LogP contribution in [0, 0.1) is 17.3 Å². The highest BCUT2D eigenvalue weighted by atomic mass is 16.7. The summed E-state index contributed by atoms with van der Waals surface area (Å²) in [6, 6.07) is 0. The summed E-state index contributed by atoms with van der Waals surface area (Å²) in [5.74, 6) is 1.40. The minimum absolute atomic E-state index is 0.142. The zero-order valence-electron chi connectivity index (χ0n) is 23.8. The summed E-state index contributed by atoms with van der Waals surface area (Å²) in [4.78, 5) is 0. The molecule has 192 valence electrons. The fraction of sp³-hybridized carbons (Fsp3) is 0.515. The van der Waals surface area contributed by atoms with Crippen LogP contribution in [-0.4, -0.2) is 18.5 Å². The van der Waals surface area contributed by atoms with E-state index in [9.17, 15) is 0 Å². The van der Waals surface area contributed by atoms with Gasteiger partial charge in [-0.05, 0) is 76.9 Å². The van der Waals surface area contributed by atoms with Crippen LogP contribution in [0.1, 0.15) is 75.7 Å². The van der Waals surface area contributed by atoms with E-state index < -0.39 is 0 Å². The minimum atomic E-state index is -0.242. The molecule has 1 fully saturated rings. The maximum absolute atomic E-state index is 5.72. The zero-order chi connectivity index (χ0) is 26.2. The summed E-state index contributed by atoms with van der Waals surface area (Å²) < 4.78 is 11.4. The second kappa shape index (κ2) is 13.2. The van der Waals surface area contributed by atoms with Crippen LogP contribution >= 0.6 is 0 Å². The fourth-order valence-corrected chi connectivity index (χ4v) is 4.80. The topological polar surface area (TPSA) is 18.5 Å². The fourth-order valence-electron chi connectivity index (χ4n) is 4.80. The maximum atomic E-state index is 5.72. The third-order valence-electron chi connectivity index (χ3n) is 7.46. The van der Waals surface area contributed by atoms with Crippen LogP contribution in [0.5, 0.6) is 0 Å². The quantitative estimate of drug-likeness (QED) is 0.325. The number of hydrogen-bond donors (Lipinski definition) is 0. The monoisotopic (exact) mass is 476 g/mol. The van der Waals surface area contributed by atoms with Crippen molar-refractivity contribution in [1.82, 2.24) is 0 Å². The van der Waals surface area contributed by atoms with Gasteiger partial charge in [0.1, 0.15) is 0 Å². The average molecular weight is 477 g/mol. The van der Waals surface area contributed by atoms with Crippen molar-refractivity contribution in [3.63, 3.8) is 0 Å². The van der Waals surface area contributed by atoms with Crippen LogP contribution in [0.25, 0.3) is 0 Å². The molecule has 0 aromatic heterocycles. The highest BCUT2D eigenvalue weighted by molar-refractivity contribution is 5.38. The van der Waals surface area contributed by atoms with Crippen LogP contribution in [0.3, 0.4) is 0 Å². The van der Waals surface area contributed by atoms with Gasteiger partial charge >= 0.3 is 0 Å². The Balaban J connectivity index is 1.90. The predicted octanol–water partition coefficient (Wildman–Crippen LogP) is 9.22. The van der Waals surface area contributed by atoms with Crippen molar-refractivity contribution < 1.29 is 9.47 Å². The normalized spacial score (nSPS) is 31.3. The van der Waals surface area contributed by atoms with Crippen LogP contribution in [0.15, 0.2) is 94.7 Å². The molecule has 0 aromatic rings. The molecule has 0 aromatic carbocycles. The van der Waals surface area contributed by atoms with Crippen molar-refractivity contribution in [2.24, 2.45) is 17.3 Å². The molecule has 0 saturated carbocycles. The lowest BCUT2D eigenvalue weighted by molar-refractivity contribution is -0.0243. The second-order valence-electron chi connectivity index (χ2n) is 11.2. The predicted molar refractivity (Wildman–Crippen MR) is 152 cm³/mol. The smallest absolute Gasteiger partial charge is 0.178 e. The Morgan fingerprint density at radius 1 is 0.771 bits per heavy atom. The maximum Gasteiger partial charge on any atom is 0.178 e. The number of rotatable bonds is 8. The third-order valence-corrected chi connectivity index (χ3v) is 7.46. The lowest BCUT2D eigenvalue weighted by atomic mass is 9.65. The molecule has 0 N–H and O–H groups in total. The van der Waals surface area contributed by atoms with E-state index >= 15 is 0 Å². The van der Waals surface area contributed by atoms with Crippen molar-refractivity contribution in [2.45, 2.75) is 94.2 Å². The first-order valence-electron chi connectivity index (χ1n) is 13.2. The van der Waals surface area contributed by atoms with Crippen molar-refractivity contribution in [3.05, 3.63) is 94.7 Å². The molecule has 35 heavy (non-hydrogen) atoms. The van der Waals surface area contributed by atoms with E-state index in [0.717, 1.165) is 11.5 Å². The molecule has 0 radical (unpaired) electrons. The van der Waals surface area contributed by atoms with E-state index in [1.165, 1.54) is 23.1 Å². The molecule has 2 rings (SSSR count). The Bertz CT molecular complexity index is 951. The Morgan fingerprint density at radius 3 is 1.89 bits per heavy atom. The average Bonchev–Trinajstić information content (AvgIpc) is 3.10. The lowest BCUT2D eigenvalue weighted by Gasteiger charge is -2.40. The minimum Gasteiger partial charge on any atom is -0.343 e. The molecule has 4 unspecified atom stereocenters. The van der Waals surface area contributed by atoms with Gasteiger partial charge in [0.15, 0.2) is 6.29 Å².